The topological polar surface area (TPSA) is 43.6 Å². The first-order chi connectivity index (χ1) is 9.24. The molecule has 3 rings (SSSR count). The molecule has 0 radical (unpaired) electrons. The van der Waals surface area contributed by atoms with Gasteiger partial charge < -0.3 is 4.57 Å². The molecule has 0 atom stereocenters. The minimum absolute atomic E-state index is 0.967. The number of aromatic nitrogens is 4. The summed E-state index contributed by atoms with van der Waals surface area (Å²) < 4.78 is 3.26. The van der Waals surface area contributed by atoms with Crippen LogP contribution in [0, 0.1) is 6.92 Å². The fourth-order valence-electron chi connectivity index (χ4n) is 2.26. The van der Waals surface area contributed by atoms with Crippen LogP contribution in [0.15, 0.2) is 26.9 Å². The summed E-state index contributed by atoms with van der Waals surface area (Å²) >= 11 is 5.05. The number of rotatable bonds is 2. The zero-order valence-electron chi connectivity index (χ0n) is 10.8. The van der Waals surface area contributed by atoms with Gasteiger partial charge in [0.25, 0.3) is 0 Å². The van der Waals surface area contributed by atoms with Crippen molar-refractivity contribution < 1.29 is 0 Å². The predicted molar refractivity (Wildman–Crippen MR) is 78.4 cm³/mol. The molecule has 3 heterocycles. The van der Waals surface area contributed by atoms with Crippen LogP contribution in [-0.4, -0.2) is 19.7 Å². The van der Waals surface area contributed by atoms with E-state index >= 15 is 0 Å². The van der Waals surface area contributed by atoms with E-state index in [1.165, 1.54) is 19.3 Å². The zero-order chi connectivity index (χ0) is 13.2. The summed E-state index contributed by atoms with van der Waals surface area (Å²) in [5.74, 6) is 1.12. The molecular weight excluding hydrogens is 324 g/mol. The molecule has 2 aromatic rings. The van der Waals surface area contributed by atoms with Gasteiger partial charge in [0.1, 0.15) is 10.9 Å². The minimum atomic E-state index is 0.967. The van der Waals surface area contributed by atoms with E-state index in [-0.39, 0.29) is 0 Å². The molecule has 0 aromatic carbocycles. The lowest BCUT2D eigenvalue weighted by molar-refractivity contribution is 0.590. The molecular formula is C13H15BrN4S. The van der Waals surface area contributed by atoms with Gasteiger partial charge >= 0.3 is 0 Å². The molecule has 1 aliphatic heterocycles. The van der Waals surface area contributed by atoms with Crippen LogP contribution >= 0.6 is 27.7 Å². The smallest absolute Gasteiger partial charge is 0.197 e. The van der Waals surface area contributed by atoms with Crippen molar-refractivity contribution in [3.8, 4) is 0 Å². The molecule has 0 bridgehead atoms. The third kappa shape index (κ3) is 2.84. The summed E-state index contributed by atoms with van der Waals surface area (Å²) in [6, 6.07) is 2.08. The van der Waals surface area contributed by atoms with Crippen molar-refractivity contribution in [1.82, 2.24) is 19.7 Å². The SMILES string of the molecule is Cc1cc(Br)cnc1Sc1nnc2n1CCCCC2. The Balaban J connectivity index is 1.89. The van der Waals surface area contributed by atoms with Crippen LogP contribution in [0.5, 0.6) is 0 Å². The predicted octanol–water partition coefficient (Wildman–Crippen LogP) is 3.62. The van der Waals surface area contributed by atoms with E-state index in [4.69, 9.17) is 0 Å². The summed E-state index contributed by atoms with van der Waals surface area (Å²) in [5, 5.41) is 10.6. The molecule has 6 heteroatoms. The Kier molecular flexibility index (Phi) is 3.88. The van der Waals surface area contributed by atoms with Crippen molar-refractivity contribution in [3.63, 3.8) is 0 Å². The van der Waals surface area contributed by atoms with Gasteiger partial charge in [0.2, 0.25) is 0 Å². The molecule has 0 fully saturated rings. The Labute approximate surface area is 125 Å². The summed E-state index contributed by atoms with van der Waals surface area (Å²) in [6.45, 7) is 3.10. The van der Waals surface area contributed by atoms with Crippen LogP contribution < -0.4 is 0 Å². The van der Waals surface area contributed by atoms with Crippen LogP contribution in [0.2, 0.25) is 0 Å². The highest BCUT2D eigenvalue weighted by Gasteiger charge is 2.16. The zero-order valence-corrected chi connectivity index (χ0v) is 13.2. The monoisotopic (exact) mass is 338 g/mol. The normalized spacial score (nSPS) is 15.1. The molecule has 4 nitrogen and oxygen atoms in total. The Hall–Kier alpha value is -0.880. The standard InChI is InChI=1S/C13H15BrN4S/c1-9-7-10(14)8-15-12(9)19-13-17-16-11-5-3-2-4-6-18(11)13/h7-8H,2-6H2,1H3. The lowest BCUT2D eigenvalue weighted by Crippen LogP contribution is -2.02. The maximum Gasteiger partial charge on any atom is 0.197 e. The Bertz CT molecular complexity index is 596. The van der Waals surface area contributed by atoms with Gasteiger partial charge in [0.15, 0.2) is 5.16 Å². The van der Waals surface area contributed by atoms with Crippen molar-refractivity contribution >= 4 is 27.7 Å². The van der Waals surface area contributed by atoms with E-state index in [1.54, 1.807) is 11.8 Å². The second-order valence-electron chi connectivity index (χ2n) is 4.74. The summed E-state index contributed by atoms with van der Waals surface area (Å²) in [5.41, 5.74) is 1.16. The first kappa shape index (κ1) is 13.1. The highest BCUT2D eigenvalue weighted by atomic mass is 79.9. The van der Waals surface area contributed by atoms with E-state index in [2.05, 4.69) is 48.7 Å². The third-order valence-corrected chi connectivity index (χ3v) is 4.80. The van der Waals surface area contributed by atoms with Crippen LogP contribution in [0.1, 0.15) is 30.7 Å². The van der Waals surface area contributed by atoms with Gasteiger partial charge in [0, 0.05) is 23.6 Å². The molecule has 0 N–H and O–H groups in total. The van der Waals surface area contributed by atoms with Crippen molar-refractivity contribution in [2.24, 2.45) is 0 Å². The fraction of sp³-hybridized carbons (Fsp3) is 0.462. The molecule has 2 aromatic heterocycles. The van der Waals surface area contributed by atoms with Crippen LogP contribution in [0.3, 0.4) is 0 Å². The highest BCUT2D eigenvalue weighted by Crippen LogP contribution is 2.30. The Morgan fingerprint density at radius 2 is 2.16 bits per heavy atom. The number of fused-ring (bicyclic) bond motifs is 1. The first-order valence-electron chi connectivity index (χ1n) is 6.46. The first-order valence-corrected chi connectivity index (χ1v) is 8.07. The third-order valence-electron chi connectivity index (χ3n) is 3.26. The van der Waals surface area contributed by atoms with Gasteiger partial charge in [-0.1, -0.05) is 6.42 Å². The van der Waals surface area contributed by atoms with Crippen LogP contribution in [0.4, 0.5) is 0 Å². The largest absolute Gasteiger partial charge is 0.306 e. The molecule has 0 unspecified atom stereocenters. The van der Waals surface area contributed by atoms with Gasteiger partial charge in [-0.3, -0.25) is 0 Å². The van der Waals surface area contributed by atoms with E-state index in [0.29, 0.717) is 0 Å². The molecule has 100 valence electrons. The second kappa shape index (κ2) is 5.63. The second-order valence-corrected chi connectivity index (χ2v) is 6.61. The van der Waals surface area contributed by atoms with E-state index in [0.717, 1.165) is 39.0 Å². The molecule has 0 spiro atoms. The van der Waals surface area contributed by atoms with Crippen molar-refractivity contribution in [1.29, 1.82) is 0 Å². The van der Waals surface area contributed by atoms with Crippen molar-refractivity contribution in [3.05, 3.63) is 28.1 Å². The van der Waals surface area contributed by atoms with Gasteiger partial charge in [0.05, 0.1) is 0 Å². The lowest BCUT2D eigenvalue weighted by Gasteiger charge is -2.07. The number of aryl methyl sites for hydroxylation is 2. The number of pyridine rings is 1. The Morgan fingerprint density at radius 3 is 3.00 bits per heavy atom. The lowest BCUT2D eigenvalue weighted by atomic mass is 10.2. The molecule has 1 aliphatic rings. The van der Waals surface area contributed by atoms with E-state index in [1.807, 2.05) is 6.20 Å². The summed E-state index contributed by atoms with van der Waals surface area (Å²) in [4.78, 5) is 4.46. The average Bonchev–Trinajstić information content (AvgIpc) is 2.61. The van der Waals surface area contributed by atoms with Gasteiger partial charge in [-0.05, 0) is 59.1 Å². The maximum atomic E-state index is 4.46. The average molecular weight is 339 g/mol. The highest BCUT2D eigenvalue weighted by molar-refractivity contribution is 9.10. The Morgan fingerprint density at radius 1 is 1.26 bits per heavy atom. The van der Waals surface area contributed by atoms with Gasteiger partial charge in [-0.2, -0.15) is 0 Å². The van der Waals surface area contributed by atoms with E-state index < -0.39 is 0 Å². The quantitative estimate of drug-likeness (QED) is 0.838. The molecule has 0 amide bonds. The number of hydrogen-bond donors (Lipinski definition) is 0. The fourth-order valence-corrected chi connectivity index (χ4v) is 3.59. The molecule has 0 saturated heterocycles. The van der Waals surface area contributed by atoms with Gasteiger partial charge in [-0.25, -0.2) is 4.98 Å². The van der Waals surface area contributed by atoms with Gasteiger partial charge in [-0.15, -0.1) is 10.2 Å². The molecule has 19 heavy (non-hydrogen) atoms. The summed E-state index contributed by atoms with van der Waals surface area (Å²) in [7, 11) is 0. The number of halogens is 1. The number of nitrogens with zero attached hydrogens (tertiary/aromatic N) is 4. The van der Waals surface area contributed by atoms with E-state index in [9.17, 15) is 0 Å². The van der Waals surface area contributed by atoms with Crippen LogP contribution in [0.25, 0.3) is 0 Å². The summed E-state index contributed by atoms with van der Waals surface area (Å²) in [6.07, 6.45) is 6.59. The molecule has 0 aliphatic carbocycles. The maximum absolute atomic E-state index is 4.46. The van der Waals surface area contributed by atoms with Crippen LogP contribution in [-0.2, 0) is 13.0 Å². The molecule has 0 saturated carbocycles. The van der Waals surface area contributed by atoms with Crippen molar-refractivity contribution in [2.45, 2.75) is 49.3 Å². The van der Waals surface area contributed by atoms with Crippen molar-refractivity contribution in [2.75, 3.05) is 0 Å². The number of hydrogen-bond acceptors (Lipinski definition) is 4. The minimum Gasteiger partial charge on any atom is -0.306 e.